The molecule has 2 aliphatic rings. The van der Waals surface area contributed by atoms with Crippen molar-refractivity contribution in [2.24, 2.45) is 5.92 Å². The number of nitrogens with one attached hydrogen (secondary N) is 1. The number of nitrogens with zero attached hydrogens (tertiary/aromatic N) is 4. The molecule has 2 aliphatic heterocycles. The molecule has 0 aliphatic carbocycles. The number of anilines is 2. The summed E-state index contributed by atoms with van der Waals surface area (Å²) in [5, 5.41) is 5.01. The van der Waals surface area contributed by atoms with Gasteiger partial charge < -0.3 is 24.1 Å². The Morgan fingerprint density at radius 1 is 1.08 bits per heavy atom. The van der Waals surface area contributed by atoms with Crippen LogP contribution in [0.25, 0.3) is 0 Å². The van der Waals surface area contributed by atoms with Gasteiger partial charge >= 0.3 is 0 Å². The summed E-state index contributed by atoms with van der Waals surface area (Å²) in [4.78, 5) is 9.33. The van der Waals surface area contributed by atoms with Crippen LogP contribution in [0.3, 0.4) is 0 Å². The summed E-state index contributed by atoms with van der Waals surface area (Å²) in [5.41, 5.74) is 6.58. The monoisotopic (exact) mass is 559 g/mol. The van der Waals surface area contributed by atoms with Gasteiger partial charge in [-0.2, -0.15) is 0 Å². The SMILES string of the molecule is Cc1cc(C2C(c3ccccn3)NC(=S)N2c2ccc(N3CCC(C)CC3)c(Cl)c2)c(C)n1Cc1ccco1. The number of hydrogen-bond acceptors (Lipinski definition) is 4. The topological polar surface area (TPSA) is 49.5 Å². The third-order valence-electron chi connectivity index (χ3n) is 8.26. The number of benzene rings is 1. The highest BCUT2D eigenvalue weighted by Crippen LogP contribution is 2.45. The minimum Gasteiger partial charge on any atom is -0.467 e. The minimum absolute atomic E-state index is 0.0956. The van der Waals surface area contributed by atoms with Crippen molar-refractivity contribution in [2.45, 2.75) is 52.2 Å². The van der Waals surface area contributed by atoms with Gasteiger partial charge in [0.25, 0.3) is 0 Å². The fourth-order valence-electron chi connectivity index (χ4n) is 6.03. The van der Waals surface area contributed by atoms with Crippen molar-refractivity contribution in [2.75, 3.05) is 22.9 Å². The van der Waals surface area contributed by atoms with E-state index < -0.39 is 0 Å². The van der Waals surface area contributed by atoms with E-state index in [9.17, 15) is 0 Å². The lowest BCUT2D eigenvalue weighted by Crippen LogP contribution is -2.33. The predicted octanol–water partition coefficient (Wildman–Crippen LogP) is 7.21. The van der Waals surface area contributed by atoms with Crippen LogP contribution in [0.2, 0.25) is 5.02 Å². The van der Waals surface area contributed by atoms with E-state index in [1.54, 1.807) is 6.26 Å². The maximum Gasteiger partial charge on any atom is 0.174 e. The van der Waals surface area contributed by atoms with Crippen LogP contribution in [0.5, 0.6) is 0 Å². The van der Waals surface area contributed by atoms with Crippen molar-refractivity contribution < 1.29 is 4.42 Å². The molecule has 39 heavy (non-hydrogen) atoms. The highest BCUT2D eigenvalue weighted by Gasteiger charge is 2.42. The Balaban J connectivity index is 1.40. The van der Waals surface area contributed by atoms with Gasteiger partial charge in [0.05, 0.1) is 41.3 Å². The molecule has 0 saturated carbocycles. The lowest BCUT2D eigenvalue weighted by Gasteiger charge is -2.33. The summed E-state index contributed by atoms with van der Waals surface area (Å²) in [5.74, 6) is 1.69. The number of halogens is 1. The van der Waals surface area contributed by atoms with E-state index in [1.165, 1.54) is 29.8 Å². The van der Waals surface area contributed by atoms with Crippen LogP contribution in [0, 0.1) is 19.8 Å². The summed E-state index contributed by atoms with van der Waals surface area (Å²) < 4.78 is 7.97. The molecule has 0 bridgehead atoms. The van der Waals surface area contributed by atoms with Crippen molar-refractivity contribution in [3.8, 4) is 0 Å². The maximum atomic E-state index is 6.95. The molecule has 4 aromatic rings. The van der Waals surface area contributed by atoms with E-state index >= 15 is 0 Å². The number of hydrogen-bond donors (Lipinski definition) is 1. The molecule has 6 nitrogen and oxygen atoms in total. The van der Waals surface area contributed by atoms with Gasteiger partial charge in [-0.15, -0.1) is 0 Å². The molecule has 5 heterocycles. The Labute approximate surface area is 240 Å². The first-order valence-electron chi connectivity index (χ1n) is 13.6. The number of pyridine rings is 1. The average molecular weight is 560 g/mol. The van der Waals surface area contributed by atoms with Crippen LogP contribution in [0.4, 0.5) is 11.4 Å². The van der Waals surface area contributed by atoms with Crippen molar-refractivity contribution in [1.29, 1.82) is 0 Å². The number of piperidine rings is 1. The number of aromatic nitrogens is 2. The van der Waals surface area contributed by atoms with E-state index in [-0.39, 0.29) is 12.1 Å². The van der Waals surface area contributed by atoms with Gasteiger partial charge in [-0.05, 0) is 98.9 Å². The molecule has 2 unspecified atom stereocenters. The summed E-state index contributed by atoms with van der Waals surface area (Å²) >= 11 is 12.9. The zero-order chi connectivity index (χ0) is 27.1. The molecule has 6 rings (SSSR count). The van der Waals surface area contributed by atoms with E-state index in [1.807, 2.05) is 30.5 Å². The molecule has 8 heteroatoms. The zero-order valence-electron chi connectivity index (χ0n) is 22.6. The van der Waals surface area contributed by atoms with Crippen LogP contribution in [-0.4, -0.2) is 27.8 Å². The third kappa shape index (κ3) is 4.94. The van der Waals surface area contributed by atoms with E-state index in [0.29, 0.717) is 11.7 Å². The van der Waals surface area contributed by atoms with Crippen LogP contribution < -0.4 is 15.1 Å². The second-order valence-corrected chi connectivity index (χ2v) is 11.6. The van der Waals surface area contributed by atoms with Crippen LogP contribution >= 0.6 is 23.8 Å². The Morgan fingerprint density at radius 2 is 1.90 bits per heavy atom. The summed E-state index contributed by atoms with van der Waals surface area (Å²) in [7, 11) is 0. The minimum atomic E-state index is -0.113. The van der Waals surface area contributed by atoms with Crippen LogP contribution in [-0.2, 0) is 6.54 Å². The first-order chi connectivity index (χ1) is 18.9. The number of thiocarbonyl (C=S) groups is 1. The molecule has 3 aromatic heterocycles. The Bertz CT molecular complexity index is 1460. The first-order valence-corrected chi connectivity index (χ1v) is 14.4. The summed E-state index contributed by atoms with van der Waals surface area (Å²) in [6.07, 6.45) is 5.95. The molecule has 2 atom stereocenters. The fraction of sp³-hybridized carbons (Fsp3) is 0.355. The molecule has 0 radical (unpaired) electrons. The first kappa shape index (κ1) is 26.0. The van der Waals surface area contributed by atoms with Gasteiger partial charge in [-0.3, -0.25) is 4.98 Å². The largest absolute Gasteiger partial charge is 0.467 e. The Morgan fingerprint density at radius 3 is 2.59 bits per heavy atom. The fourth-order valence-corrected chi connectivity index (χ4v) is 6.67. The number of furan rings is 1. The van der Waals surface area contributed by atoms with Crippen LogP contribution in [0.15, 0.2) is 71.5 Å². The summed E-state index contributed by atoms with van der Waals surface area (Å²) in [6.45, 7) is 9.40. The van der Waals surface area contributed by atoms with Gasteiger partial charge in [0.1, 0.15) is 5.76 Å². The Hall–Kier alpha value is -3.29. The standard InChI is InChI=1S/C31H34ClN5OS/c1-20-11-14-35(15-12-20)28-10-9-23(18-26(28)32)37-30(29(34-31(37)39)27-8-4-5-13-33-27)25-17-21(2)36(22(25)3)19-24-7-6-16-38-24/h4-10,13,16-18,20,29-30H,11-12,14-15,19H2,1-3H3,(H,34,39). The van der Waals surface area contributed by atoms with Crippen molar-refractivity contribution >= 4 is 40.3 Å². The van der Waals surface area contributed by atoms with Gasteiger partial charge in [0.2, 0.25) is 0 Å². The van der Waals surface area contributed by atoms with Gasteiger partial charge in [-0.25, -0.2) is 0 Å². The van der Waals surface area contributed by atoms with E-state index in [0.717, 1.165) is 46.9 Å². The number of aryl methyl sites for hydroxylation is 1. The molecule has 2 saturated heterocycles. The molecule has 1 aromatic carbocycles. The normalized spacial score (nSPS) is 20.1. The quantitative estimate of drug-likeness (QED) is 0.252. The van der Waals surface area contributed by atoms with Crippen LogP contribution in [0.1, 0.15) is 60.3 Å². The molecule has 2 fully saturated rings. The molecular weight excluding hydrogens is 526 g/mol. The van der Waals surface area contributed by atoms with Gasteiger partial charge in [0.15, 0.2) is 5.11 Å². The average Bonchev–Trinajstić information content (AvgIpc) is 3.64. The zero-order valence-corrected chi connectivity index (χ0v) is 24.2. The number of rotatable bonds is 6. The lowest BCUT2D eigenvalue weighted by atomic mass is 9.96. The molecular formula is C31H34ClN5OS. The maximum absolute atomic E-state index is 6.95. The van der Waals surface area contributed by atoms with Crippen molar-refractivity contribution in [3.63, 3.8) is 0 Å². The highest BCUT2D eigenvalue weighted by atomic mass is 35.5. The smallest absolute Gasteiger partial charge is 0.174 e. The molecule has 1 N–H and O–H groups in total. The Kier molecular flexibility index (Phi) is 7.12. The van der Waals surface area contributed by atoms with Gasteiger partial charge in [0, 0.05) is 36.4 Å². The predicted molar refractivity (Wildman–Crippen MR) is 162 cm³/mol. The molecule has 0 amide bonds. The molecule has 202 valence electrons. The highest BCUT2D eigenvalue weighted by molar-refractivity contribution is 7.80. The van der Waals surface area contributed by atoms with E-state index in [4.69, 9.17) is 33.2 Å². The second-order valence-electron chi connectivity index (χ2n) is 10.8. The lowest BCUT2D eigenvalue weighted by molar-refractivity contribution is 0.438. The van der Waals surface area contributed by atoms with Crippen molar-refractivity contribution in [1.82, 2.24) is 14.9 Å². The summed E-state index contributed by atoms with van der Waals surface area (Å²) in [6, 6.07) is 18.4. The molecule has 0 spiro atoms. The third-order valence-corrected chi connectivity index (χ3v) is 8.87. The van der Waals surface area contributed by atoms with E-state index in [2.05, 4.69) is 70.8 Å². The van der Waals surface area contributed by atoms with Crippen molar-refractivity contribution in [3.05, 3.63) is 100 Å². The second kappa shape index (κ2) is 10.7. The van der Waals surface area contributed by atoms with Gasteiger partial charge in [-0.1, -0.05) is 24.6 Å².